The fraction of sp³-hybridized carbons (Fsp3) is 0.688. The van der Waals surface area contributed by atoms with Crippen LogP contribution in [-0.2, 0) is 62.4 Å². The summed E-state index contributed by atoms with van der Waals surface area (Å²) in [6.45, 7) is 8.19. The van der Waals surface area contributed by atoms with Crippen LogP contribution in [0.3, 0.4) is 0 Å². The van der Waals surface area contributed by atoms with Crippen LogP contribution in [0.5, 0.6) is 0 Å². The molecular weight excluding hydrogens is 985 g/mol. The summed E-state index contributed by atoms with van der Waals surface area (Å²) in [5.41, 5.74) is 0. The number of carbonyl (C=O) groups excluding carboxylic acids is 4. The van der Waals surface area contributed by atoms with Crippen molar-refractivity contribution in [3.8, 4) is 0 Å². The van der Waals surface area contributed by atoms with Gasteiger partial charge in [-0.1, -0.05) is 32.0 Å². The number of urea groups is 2. The van der Waals surface area contributed by atoms with Crippen LogP contribution in [0.15, 0.2) is 35.2 Å². The molecule has 0 aromatic heterocycles. The lowest BCUT2D eigenvalue weighted by atomic mass is 10.4. The molecule has 0 saturated carbocycles. The maximum atomic E-state index is 13.2. The molecule has 32 heteroatoms. The van der Waals surface area contributed by atoms with Crippen LogP contribution >= 0.6 is 0 Å². The number of ether oxygens (including phenoxy) is 2. The Hall–Kier alpha value is -3.69. The molecule has 2 heterocycles. The van der Waals surface area contributed by atoms with Gasteiger partial charge in [-0.3, -0.25) is 0 Å². The number of nitrogens with zero attached hydrogens (tertiary/aromatic N) is 4. The molecule has 64 heavy (non-hydrogen) atoms. The largest absolute Gasteiger partial charge is 0.743 e. The van der Waals surface area contributed by atoms with E-state index in [1.54, 1.807) is 4.90 Å². The van der Waals surface area contributed by atoms with Crippen molar-refractivity contribution < 1.29 is 103 Å². The Kier molecular flexibility index (Phi) is 24.4. The van der Waals surface area contributed by atoms with Gasteiger partial charge in [0.1, 0.15) is 18.1 Å². The Labute approximate surface area is 373 Å². The zero-order chi connectivity index (χ0) is 50.1. The highest BCUT2D eigenvalue weighted by Crippen LogP contribution is 2.29. The number of amides is 6. The molecule has 2 aliphatic rings. The molecule has 21 nitrogen and oxygen atoms in total. The number of imide groups is 2. The Morgan fingerprint density at radius 3 is 1.19 bits per heavy atom. The first-order valence-corrected chi connectivity index (χ1v) is 25.3. The quantitative estimate of drug-likeness (QED) is 0.130. The molecule has 0 radical (unpaired) electrons. The van der Waals surface area contributed by atoms with Gasteiger partial charge in [-0.15, -0.1) is 0 Å². The van der Waals surface area contributed by atoms with E-state index in [1.165, 1.54) is 33.5 Å². The highest BCUT2D eigenvalue weighted by atomic mass is 32.2. The van der Waals surface area contributed by atoms with Crippen molar-refractivity contribution in [3.63, 3.8) is 0 Å². The second-order valence-electron chi connectivity index (χ2n) is 12.9. The summed E-state index contributed by atoms with van der Waals surface area (Å²) in [4.78, 5) is 50.1. The number of hydrogen-bond acceptors (Lipinski definition) is 16. The number of alkyl halides is 6. The number of nitrogens with one attached hydrogen (secondary N) is 1. The number of halogens is 6. The SMILES string of the molecule is CCCS(=O)(=O)N1CCN(C(=O)OCC(F)C(F)(F)S(=O)(=O)[O-])C1=O.CCCS(=O)(=O)N1CCN(C(=O)OCC(F)C(F)(F)S(=O)(=O)[O-])C1=O.CC[NH+](CC)CC.[SH2+]c1ccccc1. The van der Waals surface area contributed by atoms with E-state index in [9.17, 15) is 88.3 Å². The third kappa shape index (κ3) is 17.6. The molecule has 3 rings (SSSR count). The van der Waals surface area contributed by atoms with E-state index >= 15 is 0 Å². The predicted octanol–water partition coefficient (Wildman–Crippen LogP) is 1.14. The number of quaternary nitrogens is 1. The maximum absolute atomic E-state index is 13.2. The van der Waals surface area contributed by atoms with Crippen LogP contribution in [0, 0.1) is 0 Å². The summed E-state index contributed by atoms with van der Waals surface area (Å²) >= 11 is 3.36. The zero-order valence-electron chi connectivity index (χ0n) is 35.0. The topological polar surface area (TPSA) is 287 Å². The van der Waals surface area contributed by atoms with Crippen molar-refractivity contribution in [1.29, 1.82) is 0 Å². The van der Waals surface area contributed by atoms with E-state index in [0.29, 0.717) is 8.61 Å². The first-order valence-electron chi connectivity index (χ1n) is 18.8. The summed E-state index contributed by atoms with van der Waals surface area (Å²) in [7, 11) is -20.6. The lowest BCUT2D eigenvalue weighted by molar-refractivity contribution is -0.894. The van der Waals surface area contributed by atoms with Crippen LogP contribution in [0.2, 0.25) is 0 Å². The lowest BCUT2D eigenvalue weighted by Crippen LogP contribution is -3.11. The molecule has 1 N–H and O–H groups in total. The van der Waals surface area contributed by atoms with Crippen molar-refractivity contribution in [3.05, 3.63) is 30.3 Å². The van der Waals surface area contributed by atoms with E-state index in [4.69, 9.17) is 0 Å². The molecule has 1 aromatic rings. The molecule has 0 aliphatic carbocycles. The highest BCUT2D eigenvalue weighted by molar-refractivity contribution is 7.90. The number of rotatable bonds is 17. The van der Waals surface area contributed by atoms with Gasteiger partial charge >= 0.3 is 34.8 Å². The minimum Gasteiger partial charge on any atom is -0.743 e. The normalized spacial score (nSPS) is 15.9. The summed E-state index contributed by atoms with van der Waals surface area (Å²) in [5, 5.41) is -10.7. The van der Waals surface area contributed by atoms with Crippen LogP contribution in [0.4, 0.5) is 45.5 Å². The third-order valence-electron chi connectivity index (χ3n) is 8.35. The minimum absolute atomic E-state index is 0.193. The second-order valence-corrected chi connectivity index (χ2v) is 20.5. The lowest BCUT2D eigenvalue weighted by Gasteiger charge is -2.23. The summed E-state index contributed by atoms with van der Waals surface area (Å²) in [6.07, 6.45) is -10.2. The molecule has 2 atom stereocenters. The van der Waals surface area contributed by atoms with Gasteiger partial charge in [-0.2, -0.15) is 17.6 Å². The van der Waals surface area contributed by atoms with Gasteiger partial charge in [0, 0.05) is 0 Å². The van der Waals surface area contributed by atoms with Crippen molar-refractivity contribution >= 4 is 77.2 Å². The monoisotopic (exact) mass is 1040 g/mol. The Morgan fingerprint density at radius 2 is 0.969 bits per heavy atom. The smallest absolute Gasteiger partial charge is 0.418 e. The van der Waals surface area contributed by atoms with Crippen molar-refractivity contribution in [1.82, 2.24) is 18.4 Å². The summed E-state index contributed by atoms with van der Waals surface area (Å²) in [6, 6.07) is 7.34. The molecule has 372 valence electrons. The molecule has 2 unspecified atom stereocenters. The average Bonchev–Trinajstić information content (AvgIpc) is 3.79. The van der Waals surface area contributed by atoms with Gasteiger partial charge in [0.25, 0.3) is 0 Å². The predicted molar refractivity (Wildman–Crippen MR) is 215 cm³/mol. The Balaban J connectivity index is 0.000000951. The molecule has 0 bridgehead atoms. The second kappa shape index (κ2) is 25.9. The van der Waals surface area contributed by atoms with Crippen LogP contribution in [0.1, 0.15) is 47.5 Å². The summed E-state index contributed by atoms with van der Waals surface area (Å²) in [5.74, 6) is -0.747. The molecule has 2 fully saturated rings. The fourth-order valence-electron chi connectivity index (χ4n) is 4.76. The van der Waals surface area contributed by atoms with Gasteiger partial charge in [0.05, 0.1) is 57.3 Å². The molecule has 2 aliphatic heterocycles. The highest BCUT2D eigenvalue weighted by Gasteiger charge is 2.50. The van der Waals surface area contributed by atoms with E-state index in [2.05, 4.69) is 42.9 Å². The van der Waals surface area contributed by atoms with Crippen molar-refractivity contribution in [2.75, 3.05) is 70.5 Å². The zero-order valence-corrected chi connectivity index (χ0v) is 39.2. The van der Waals surface area contributed by atoms with Crippen LogP contribution < -0.4 is 4.90 Å². The van der Waals surface area contributed by atoms with Gasteiger partial charge < -0.3 is 23.5 Å². The number of hydrogen-bond donors (Lipinski definition) is 1. The van der Waals surface area contributed by atoms with Crippen LogP contribution in [0.25, 0.3) is 0 Å². The maximum Gasteiger partial charge on any atom is 0.418 e. The van der Waals surface area contributed by atoms with E-state index in [-0.39, 0.29) is 34.1 Å². The fourth-order valence-corrected chi connectivity index (χ4v) is 8.59. The van der Waals surface area contributed by atoms with Gasteiger partial charge in [0.2, 0.25) is 32.4 Å². The molecule has 1 aromatic carbocycles. The third-order valence-corrected chi connectivity index (χ3v) is 14.4. The average molecular weight is 1040 g/mol. The first-order chi connectivity index (χ1) is 29.2. The Bertz CT molecular complexity index is 2010. The Morgan fingerprint density at radius 1 is 0.656 bits per heavy atom. The van der Waals surface area contributed by atoms with E-state index < -0.39 is 127 Å². The van der Waals surface area contributed by atoms with Crippen molar-refractivity contribution in [2.24, 2.45) is 0 Å². The molecule has 2 saturated heterocycles. The minimum atomic E-state index is -6.33. The van der Waals surface area contributed by atoms with Gasteiger partial charge in [0.15, 0.2) is 20.2 Å². The first kappa shape index (κ1) is 60.3. The number of sulfonamides is 2. The molecule has 6 amide bonds. The van der Waals surface area contributed by atoms with E-state index in [1.807, 2.05) is 30.3 Å². The standard InChI is InChI=1S/2C10H15F3N2O8S2.C6H15N.C6H6S/c2*1-2-5-24(18,19)15-4-3-14(8(15)16)9(17)23-6-7(11)10(12,13)25(20,21)22;1-4-7(5-2)6-3;7-6-4-2-1-3-5-6/h2*7H,2-6H2,1H3,(H,20,21,22);4-6H2,1-3H3;1-5,7H. The van der Waals surface area contributed by atoms with Gasteiger partial charge in [-0.25, -0.2) is 80.0 Å². The summed E-state index contributed by atoms with van der Waals surface area (Å²) < 4.78 is 195. The van der Waals surface area contributed by atoms with E-state index in [0.717, 1.165) is 4.90 Å². The number of carbonyl (C=O) groups is 4. The van der Waals surface area contributed by atoms with Gasteiger partial charge in [-0.05, 0) is 58.4 Å². The van der Waals surface area contributed by atoms with Crippen molar-refractivity contribution in [2.45, 2.75) is 75.2 Å². The molecule has 0 spiro atoms. The van der Waals surface area contributed by atoms with Crippen LogP contribution in [-0.4, -0.2) is 179 Å². The molecular formula is C32H51F6N5O16S5. The number of benzene rings is 1.